The van der Waals surface area contributed by atoms with Crippen LogP contribution >= 0.6 is 0 Å². The number of nitrogens with zero attached hydrogens (tertiary/aromatic N) is 2. The summed E-state index contributed by atoms with van der Waals surface area (Å²) in [6, 6.07) is 0.953. The largest absolute Gasteiger partial charge is 0.433 e. The number of hydrogen-bond acceptors (Lipinski definition) is 4. The minimum atomic E-state index is -4.49. The molecule has 0 unspecified atom stereocenters. The lowest BCUT2D eigenvalue weighted by Gasteiger charge is -2.27. The molecule has 0 aliphatic heterocycles. The highest BCUT2D eigenvalue weighted by atomic mass is 19.4. The van der Waals surface area contributed by atoms with E-state index in [1.54, 1.807) is 0 Å². The zero-order valence-corrected chi connectivity index (χ0v) is 12.9. The van der Waals surface area contributed by atoms with Crippen LogP contribution in [0.25, 0.3) is 0 Å². The molecule has 1 aromatic heterocycles. The zero-order chi connectivity index (χ0) is 16.1. The maximum atomic E-state index is 12.9. The van der Waals surface area contributed by atoms with Crippen LogP contribution in [-0.2, 0) is 6.18 Å². The molecule has 1 heterocycles. The van der Waals surface area contributed by atoms with E-state index in [1.807, 2.05) is 27.7 Å². The molecule has 0 aliphatic rings. The summed E-state index contributed by atoms with van der Waals surface area (Å²) in [7, 11) is 0. The van der Waals surface area contributed by atoms with Gasteiger partial charge in [-0.25, -0.2) is 4.98 Å². The fourth-order valence-corrected chi connectivity index (χ4v) is 2.01. The third-order valence-electron chi connectivity index (χ3n) is 2.89. The van der Waals surface area contributed by atoms with Crippen LogP contribution in [0.4, 0.5) is 24.9 Å². The monoisotopic (exact) mass is 304 g/mol. The molecule has 7 heteroatoms. The van der Waals surface area contributed by atoms with Gasteiger partial charge in [-0.15, -0.1) is 0 Å². The predicted molar refractivity (Wildman–Crippen MR) is 78.4 cm³/mol. The van der Waals surface area contributed by atoms with Crippen LogP contribution < -0.4 is 10.6 Å². The Labute approximate surface area is 123 Å². The van der Waals surface area contributed by atoms with Crippen LogP contribution in [0.15, 0.2) is 6.07 Å². The topological polar surface area (TPSA) is 49.8 Å². The molecule has 1 aromatic rings. The Morgan fingerprint density at radius 3 is 2.29 bits per heavy atom. The normalized spacial score (nSPS) is 12.3. The molecule has 4 nitrogen and oxygen atoms in total. The van der Waals surface area contributed by atoms with Crippen LogP contribution in [-0.4, -0.2) is 22.1 Å². The molecule has 0 aromatic carbocycles. The van der Waals surface area contributed by atoms with Crippen molar-refractivity contribution in [2.45, 2.75) is 58.7 Å². The second kappa shape index (κ2) is 6.95. The van der Waals surface area contributed by atoms with Gasteiger partial charge in [0.2, 0.25) is 5.95 Å². The first-order chi connectivity index (χ1) is 9.68. The van der Waals surface area contributed by atoms with Crippen LogP contribution in [0.2, 0.25) is 0 Å². The van der Waals surface area contributed by atoms with Gasteiger partial charge in [0.15, 0.2) is 5.69 Å². The van der Waals surface area contributed by atoms with Crippen molar-refractivity contribution in [1.29, 1.82) is 0 Å². The number of nitrogens with one attached hydrogen (secondary N) is 2. The Morgan fingerprint density at radius 2 is 1.76 bits per heavy atom. The van der Waals surface area contributed by atoms with Crippen molar-refractivity contribution < 1.29 is 13.2 Å². The predicted octanol–water partition coefficient (Wildman–Crippen LogP) is 4.31. The van der Waals surface area contributed by atoms with E-state index in [0.29, 0.717) is 6.54 Å². The molecule has 0 aliphatic carbocycles. The van der Waals surface area contributed by atoms with Gasteiger partial charge in [0.05, 0.1) is 0 Å². The van der Waals surface area contributed by atoms with Crippen LogP contribution in [0.3, 0.4) is 0 Å². The van der Waals surface area contributed by atoms with Gasteiger partial charge in [0, 0.05) is 18.2 Å². The van der Waals surface area contributed by atoms with E-state index in [2.05, 4.69) is 20.6 Å². The highest BCUT2D eigenvalue weighted by Gasteiger charge is 2.34. The molecule has 0 spiro atoms. The molecule has 2 N–H and O–H groups in total. The summed E-state index contributed by atoms with van der Waals surface area (Å²) in [4.78, 5) is 7.65. The minimum Gasteiger partial charge on any atom is -0.365 e. The third-order valence-corrected chi connectivity index (χ3v) is 2.89. The van der Waals surface area contributed by atoms with E-state index in [4.69, 9.17) is 0 Å². The summed E-state index contributed by atoms with van der Waals surface area (Å²) >= 11 is 0. The van der Waals surface area contributed by atoms with E-state index in [1.165, 1.54) is 0 Å². The number of halogens is 3. The van der Waals surface area contributed by atoms with Crippen LogP contribution in [0.1, 0.15) is 52.7 Å². The summed E-state index contributed by atoms with van der Waals surface area (Å²) in [6.07, 6.45) is -1.95. The first kappa shape index (κ1) is 17.5. The smallest absolute Gasteiger partial charge is 0.365 e. The number of alkyl halides is 3. The van der Waals surface area contributed by atoms with Crippen molar-refractivity contribution in [2.24, 2.45) is 0 Å². The maximum Gasteiger partial charge on any atom is 0.433 e. The van der Waals surface area contributed by atoms with Crippen molar-refractivity contribution in [3.8, 4) is 0 Å². The lowest BCUT2D eigenvalue weighted by molar-refractivity contribution is -0.141. The number of anilines is 2. The van der Waals surface area contributed by atoms with Gasteiger partial charge >= 0.3 is 6.18 Å². The van der Waals surface area contributed by atoms with Crippen molar-refractivity contribution in [3.05, 3.63) is 11.8 Å². The quantitative estimate of drug-likeness (QED) is 0.788. The van der Waals surface area contributed by atoms with E-state index < -0.39 is 11.9 Å². The number of aromatic nitrogens is 2. The molecule has 0 bridgehead atoms. The van der Waals surface area contributed by atoms with Gasteiger partial charge < -0.3 is 10.6 Å². The van der Waals surface area contributed by atoms with E-state index >= 15 is 0 Å². The molecule has 0 atom stereocenters. The zero-order valence-electron chi connectivity index (χ0n) is 12.9. The second-order valence-corrected chi connectivity index (χ2v) is 5.65. The van der Waals surface area contributed by atoms with Crippen molar-refractivity contribution in [2.75, 3.05) is 17.2 Å². The number of rotatable bonds is 7. The SMILES string of the molecule is CCCNc1nc(NC(C)(C)CCC)cc(C(F)(F)F)n1. The molecule has 0 saturated carbocycles. The molecule has 1 rings (SSSR count). The minimum absolute atomic E-state index is 0.00136. The Kier molecular flexibility index (Phi) is 5.80. The van der Waals surface area contributed by atoms with Crippen LogP contribution in [0.5, 0.6) is 0 Å². The molecule has 0 amide bonds. The first-order valence-corrected chi connectivity index (χ1v) is 7.16. The average Bonchev–Trinajstić information content (AvgIpc) is 2.34. The molecule has 0 radical (unpaired) electrons. The van der Waals surface area contributed by atoms with E-state index in [-0.39, 0.29) is 17.3 Å². The van der Waals surface area contributed by atoms with Gasteiger partial charge in [-0.2, -0.15) is 18.2 Å². The Hall–Kier alpha value is -1.53. The number of hydrogen-bond donors (Lipinski definition) is 2. The summed E-state index contributed by atoms with van der Waals surface area (Å²) in [5, 5.41) is 5.86. The van der Waals surface area contributed by atoms with E-state index in [0.717, 1.165) is 25.3 Å². The Balaban J connectivity index is 3.07. The molecular weight excluding hydrogens is 281 g/mol. The van der Waals surface area contributed by atoms with Gasteiger partial charge in [0.25, 0.3) is 0 Å². The fourth-order valence-electron chi connectivity index (χ4n) is 2.01. The maximum absolute atomic E-state index is 12.9. The first-order valence-electron chi connectivity index (χ1n) is 7.16. The van der Waals surface area contributed by atoms with Crippen molar-refractivity contribution in [3.63, 3.8) is 0 Å². The Bertz CT molecular complexity index is 458. The lowest BCUT2D eigenvalue weighted by atomic mass is 9.99. The van der Waals surface area contributed by atoms with Gasteiger partial charge in [-0.3, -0.25) is 0 Å². The highest BCUT2D eigenvalue weighted by Crippen LogP contribution is 2.30. The average molecular weight is 304 g/mol. The summed E-state index contributed by atoms with van der Waals surface area (Å²) in [5.74, 6) is 0.191. The van der Waals surface area contributed by atoms with Gasteiger partial charge in [0.1, 0.15) is 5.82 Å². The van der Waals surface area contributed by atoms with Crippen LogP contribution in [0, 0.1) is 0 Å². The fraction of sp³-hybridized carbons (Fsp3) is 0.714. The molecule has 21 heavy (non-hydrogen) atoms. The molecular formula is C14H23F3N4. The molecule has 120 valence electrons. The summed E-state index contributed by atoms with van der Waals surface area (Å²) < 4.78 is 38.7. The molecule has 0 fully saturated rings. The van der Waals surface area contributed by atoms with E-state index in [9.17, 15) is 13.2 Å². The van der Waals surface area contributed by atoms with Gasteiger partial charge in [-0.05, 0) is 26.7 Å². The van der Waals surface area contributed by atoms with Gasteiger partial charge in [-0.1, -0.05) is 20.3 Å². The summed E-state index contributed by atoms with van der Waals surface area (Å²) in [5.41, 5.74) is -1.26. The summed E-state index contributed by atoms with van der Waals surface area (Å²) in [6.45, 7) is 8.35. The standard InChI is InChI=1S/C14H23F3N4/c1-5-7-13(3,4)21-11-9-10(14(15,16)17)19-12(20-11)18-8-6-2/h9H,5-8H2,1-4H3,(H2,18,19,20,21). The Morgan fingerprint density at radius 1 is 1.10 bits per heavy atom. The second-order valence-electron chi connectivity index (χ2n) is 5.65. The third kappa shape index (κ3) is 5.77. The lowest BCUT2D eigenvalue weighted by Crippen LogP contribution is -2.31. The van der Waals surface area contributed by atoms with Crippen molar-refractivity contribution in [1.82, 2.24) is 9.97 Å². The van der Waals surface area contributed by atoms with Crippen molar-refractivity contribution >= 4 is 11.8 Å². The highest BCUT2D eigenvalue weighted by molar-refractivity contribution is 5.44. The molecule has 0 saturated heterocycles.